The number of carbonyl (C=O) groups excluding carboxylic acids is 2. The first-order chi connectivity index (χ1) is 9.97. The van der Waals surface area contributed by atoms with Crippen molar-refractivity contribution >= 4 is 27.6 Å². The van der Waals surface area contributed by atoms with Gasteiger partial charge in [-0.05, 0) is 43.3 Å². The first-order valence-electron chi connectivity index (χ1n) is 6.33. The summed E-state index contributed by atoms with van der Waals surface area (Å²) in [5.41, 5.74) is 6.14. The summed E-state index contributed by atoms with van der Waals surface area (Å²) in [5, 5.41) is 0. The Labute approximate surface area is 131 Å². The second kappa shape index (κ2) is 6.54. The van der Waals surface area contributed by atoms with E-state index in [-0.39, 0.29) is 5.78 Å². The van der Waals surface area contributed by atoms with E-state index in [1.807, 2.05) is 12.1 Å². The smallest absolute Gasteiger partial charge is 0.248 e. The Balaban J connectivity index is 2.06. The molecule has 0 aliphatic carbocycles. The highest BCUT2D eigenvalue weighted by Crippen LogP contribution is 2.17. The van der Waals surface area contributed by atoms with Crippen molar-refractivity contribution in [3.8, 4) is 5.75 Å². The van der Waals surface area contributed by atoms with Gasteiger partial charge in [-0.3, -0.25) is 9.59 Å². The first kappa shape index (κ1) is 15.3. The second-order valence-corrected chi connectivity index (χ2v) is 5.44. The normalized spacial score (nSPS) is 11.7. The third kappa shape index (κ3) is 3.92. The predicted molar refractivity (Wildman–Crippen MR) is 83.5 cm³/mol. The van der Waals surface area contributed by atoms with Crippen LogP contribution in [0.4, 0.5) is 0 Å². The number of nitrogens with two attached hydrogens (primary N) is 1. The maximum absolute atomic E-state index is 12.2. The van der Waals surface area contributed by atoms with Crippen LogP contribution >= 0.6 is 15.9 Å². The van der Waals surface area contributed by atoms with Gasteiger partial charge in [-0.2, -0.15) is 0 Å². The number of amides is 1. The number of Topliss-reactive ketones (excluding diaryl/α,β-unsaturated/α-hetero) is 1. The third-order valence-corrected chi connectivity index (χ3v) is 3.48. The van der Waals surface area contributed by atoms with E-state index in [0.717, 1.165) is 4.47 Å². The van der Waals surface area contributed by atoms with Gasteiger partial charge >= 0.3 is 0 Å². The molecule has 21 heavy (non-hydrogen) atoms. The largest absolute Gasteiger partial charge is 0.483 e. The van der Waals surface area contributed by atoms with E-state index in [1.165, 1.54) is 0 Å². The summed E-state index contributed by atoms with van der Waals surface area (Å²) in [7, 11) is 0. The van der Waals surface area contributed by atoms with Gasteiger partial charge in [0.25, 0.3) is 0 Å². The van der Waals surface area contributed by atoms with Gasteiger partial charge in [0.15, 0.2) is 6.10 Å². The molecule has 1 unspecified atom stereocenters. The van der Waals surface area contributed by atoms with Gasteiger partial charge in [0.05, 0.1) is 0 Å². The molecule has 0 spiro atoms. The van der Waals surface area contributed by atoms with Crippen molar-refractivity contribution in [1.82, 2.24) is 0 Å². The molecular formula is C16H14BrNO3. The molecule has 1 amide bonds. The average molecular weight is 348 g/mol. The molecule has 0 bridgehead atoms. The average Bonchev–Trinajstić information content (AvgIpc) is 2.47. The lowest BCUT2D eigenvalue weighted by molar-refractivity contribution is 0.0817. The Hall–Kier alpha value is -2.14. The maximum Gasteiger partial charge on any atom is 0.248 e. The van der Waals surface area contributed by atoms with Crippen LogP contribution in [0.15, 0.2) is 53.0 Å². The van der Waals surface area contributed by atoms with Crippen LogP contribution in [0.5, 0.6) is 5.75 Å². The number of carbonyl (C=O) groups is 2. The lowest BCUT2D eigenvalue weighted by Gasteiger charge is -2.14. The fourth-order valence-electron chi connectivity index (χ4n) is 1.80. The number of primary amides is 1. The lowest BCUT2D eigenvalue weighted by Crippen LogP contribution is -2.23. The number of benzene rings is 2. The van der Waals surface area contributed by atoms with Gasteiger partial charge in [0.1, 0.15) is 5.75 Å². The van der Waals surface area contributed by atoms with Crippen LogP contribution in [0.2, 0.25) is 0 Å². The minimum atomic E-state index is -0.620. The highest BCUT2D eigenvalue weighted by molar-refractivity contribution is 9.10. The Bertz CT molecular complexity index is 650. The van der Waals surface area contributed by atoms with Crippen molar-refractivity contribution in [3.05, 3.63) is 64.1 Å². The molecule has 0 aromatic heterocycles. The van der Waals surface area contributed by atoms with Crippen molar-refractivity contribution in [2.45, 2.75) is 13.0 Å². The molecular weight excluding hydrogens is 334 g/mol. The summed E-state index contributed by atoms with van der Waals surface area (Å²) in [6, 6.07) is 13.5. The quantitative estimate of drug-likeness (QED) is 0.844. The topological polar surface area (TPSA) is 69.4 Å². The Morgan fingerprint density at radius 2 is 1.52 bits per heavy atom. The van der Waals surface area contributed by atoms with Crippen molar-refractivity contribution < 1.29 is 14.3 Å². The van der Waals surface area contributed by atoms with Gasteiger partial charge in [-0.25, -0.2) is 0 Å². The van der Waals surface area contributed by atoms with Gasteiger partial charge in [-0.1, -0.05) is 28.1 Å². The van der Waals surface area contributed by atoms with Crippen LogP contribution in [0, 0.1) is 0 Å². The molecule has 5 heteroatoms. The van der Waals surface area contributed by atoms with E-state index < -0.39 is 12.0 Å². The fourth-order valence-corrected chi connectivity index (χ4v) is 2.07. The number of halogens is 1. The zero-order valence-electron chi connectivity index (χ0n) is 11.4. The van der Waals surface area contributed by atoms with Gasteiger partial charge < -0.3 is 10.5 Å². The molecule has 1 atom stereocenters. The minimum absolute atomic E-state index is 0.110. The molecule has 2 aromatic rings. The number of hydrogen-bond acceptors (Lipinski definition) is 3. The summed E-state index contributed by atoms with van der Waals surface area (Å²) < 4.78 is 6.49. The molecule has 0 fully saturated rings. The molecule has 4 nitrogen and oxygen atoms in total. The fraction of sp³-hybridized carbons (Fsp3) is 0.125. The third-order valence-electron chi connectivity index (χ3n) is 2.95. The molecule has 0 aliphatic rings. The predicted octanol–water partition coefficient (Wildman–Crippen LogP) is 3.20. The first-order valence-corrected chi connectivity index (χ1v) is 7.13. The number of hydrogen-bond donors (Lipinski definition) is 1. The van der Waals surface area contributed by atoms with Crippen molar-refractivity contribution in [2.24, 2.45) is 5.73 Å². The van der Waals surface area contributed by atoms with Crippen LogP contribution < -0.4 is 10.5 Å². The Morgan fingerprint density at radius 1 is 1.00 bits per heavy atom. The van der Waals surface area contributed by atoms with Gasteiger partial charge in [0.2, 0.25) is 11.7 Å². The van der Waals surface area contributed by atoms with E-state index in [2.05, 4.69) is 15.9 Å². The summed E-state index contributed by atoms with van der Waals surface area (Å²) in [5.74, 6) is -0.0972. The summed E-state index contributed by atoms with van der Waals surface area (Å²) in [6.45, 7) is 1.69. The van der Waals surface area contributed by atoms with Crippen LogP contribution in [-0.2, 0) is 0 Å². The van der Waals surface area contributed by atoms with Crippen LogP contribution in [0.1, 0.15) is 27.6 Å². The highest BCUT2D eigenvalue weighted by Gasteiger charge is 2.16. The van der Waals surface area contributed by atoms with Crippen molar-refractivity contribution in [2.75, 3.05) is 0 Å². The van der Waals surface area contributed by atoms with E-state index in [4.69, 9.17) is 10.5 Å². The Kier molecular flexibility index (Phi) is 4.75. The molecule has 0 saturated heterocycles. The van der Waals surface area contributed by atoms with Crippen molar-refractivity contribution in [1.29, 1.82) is 0 Å². The highest BCUT2D eigenvalue weighted by atomic mass is 79.9. The molecule has 2 N–H and O–H groups in total. The van der Waals surface area contributed by atoms with E-state index in [9.17, 15) is 9.59 Å². The Morgan fingerprint density at radius 3 is 2.05 bits per heavy atom. The number of ether oxygens (including phenoxy) is 1. The minimum Gasteiger partial charge on any atom is -0.483 e. The second-order valence-electron chi connectivity index (χ2n) is 4.52. The molecule has 2 aromatic carbocycles. The molecule has 0 aliphatic heterocycles. The number of ketones is 1. The summed E-state index contributed by atoms with van der Waals surface area (Å²) in [6.07, 6.45) is -0.620. The van der Waals surface area contributed by atoms with Crippen molar-refractivity contribution in [3.63, 3.8) is 0 Å². The SMILES string of the molecule is CC(Oc1ccc(C(N)=O)cc1)C(=O)c1ccc(Br)cc1. The van der Waals surface area contributed by atoms with E-state index >= 15 is 0 Å². The van der Waals surface area contributed by atoms with Crippen LogP contribution in [-0.4, -0.2) is 17.8 Å². The summed E-state index contributed by atoms with van der Waals surface area (Å²) in [4.78, 5) is 23.2. The zero-order chi connectivity index (χ0) is 15.4. The van der Waals surface area contributed by atoms with Crippen LogP contribution in [0.3, 0.4) is 0 Å². The molecule has 108 valence electrons. The molecule has 2 rings (SSSR count). The van der Waals surface area contributed by atoms with Crippen LogP contribution in [0.25, 0.3) is 0 Å². The maximum atomic E-state index is 12.2. The number of rotatable bonds is 5. The monoisotopic (exact) mass is 347 g/mol. The standard InChI is InChI=1S/C16H14BrNO3/c1-10(15(19)11-2-6-13(17)7-3-11)21-14-8-4-12(5-9-14)16(18)20/h2-10H,1H3,(H2,18,20). The molecule has 0 radical (unpaired) electrons. The zero-order valence-corrected chi connectivity index (χ0v) is 13.0. The van der Waals surface area contributed by atoms with Gasteiger partial charge in [-0.15, -0.1) is 0 Å². The molecule has 0 heterocycles. The summed E-state index contributed by atoms with van der Waals surface area (Å²) >= 11 is 3.32. The van der Waals surface area contributed by atoms with E-state index in [1.54, 1.807) is 43.3 Å². The molecule has 0 saturated carbocycles. The van der Waals surface area contributed by atoms with E-state index in [0.29, 0.717) is 16.9 Å². The van der Waals surface area contributed by atoms with Gasteiger partial charge in [0, 0.05) is 15.6 Å². The lowest BCUT2D eigenvalue weighted by atomic mass is 10.1.